The number of carbonyl (C=O) groups excluding carboxylic acids is 1. The number of hydrogen-bond donors (Lipinski definition) is 1. The van der Waals surface area contributed by atoms with Gasteiger partial charge in [-0.2, -0.15) is 0 Å². The quantitative estimate of drug-likeness (QED) is 0.786. The van der Waals surface area contributed by atoms with E-state index in [-0.39, 0.29) is 11.8 Å². The normalized spacial score (nSPS) is 29.4. The minimum atomic E-state index is -3.16. The van der Waals surface area contributed by atoms with Crippen molar-refractivity contribution in [2.75, 3.05) is 39.0 Å². The molecule has 6 nitrogen and oxygen atoms in total. The molecule has 1 amide bonds. The standard InChI is InChI=1S/C13H25N3O3S/c1-20(18,19)16-7-3-6-15(8-9-16)13(17)12-5-2-4-11(12)10-14/h11-12H,2-10,14H2,1H3/t11-,12-/m1/s1. The van der Waals surface area contributed by atoms with Crippen LogP contribution in [0.15, 0.2) is 0 Å². The molecule has 2 atom stereocenters. The molecule has 116 valence electrons. The minimum Gasteiger partial charge on any atom is -0.341 e. The van der Waals surface area contributed by atoms with E-state index in [0.29, 0.717) is 45.1 Å². The van der Waals surface area contributed by atoms with Crippen molar-refractivity contribution in [2.45, 2.75) is 25.7 Å². The lowest BCUT2D eigenvalue weighted by Crippen LogP contribution is -2.41. The lowest BCUT2D eigenvalue weighted by molar-refractivity contribution is -0.136. The molecule has 1 heterocycles. The van der Waals surface area contributed by atoms with Crippen molar-refractivity contribution in [3.63, 3.8) is 0 Å². The van der Waals surface area contributed by atoms with Gasteiger partial charge in [-0.05, 0) is 31.7 Å². The molecule has 2 rings (SSSR count). The summed E-state index contributed by atoms with van der Waals surface area (Å²) >= 11 is 0. The third kappa shape index (κ3) is 3.51. The van der Waals surface area contributed by atoms with Crippen molar-refractivity contribution >= 4 is 15.9 Å². The van der Waals surface area contributed by atoms with Crippen LogP contribution in [0.3, 0.4) is 0 Å². The number of amides is 1. The van der Waals surface area contributed by atoms with Gasteiger partial charge in [0.05, 0.1) is 6.26 Å². The zero-order valence-corrected chi connectivity index (χ0v) is 12.9. The van der Waals surface area contributed by atoms with Crippen molar-refractivity contribution in [1.29, 1.82) is 0 Å². The van der Waals surface area contributed by atoms with Crippen LogP contribution in [-0.2, 0) is 14.8 Å². The average Bonchev–Trinajstić information content (AvgIpc) is 2.71. The summed E-state index contributed by atoms with van der Waals surface area (Å²) in [6.45, 7) is 2.64. The first-order chi connectivity index (χ1) is 9.43. The first-order valence-corrected chi connectivity index (χ1v) is 9.22. The molecular weight excluding hydrogens is 278 g/mol. The molecule has 2 fully saturated rings. The minimum absolute atomic E-state index is 0.0461. The molecule has 7 heteroatoms. The van der Waals surface area contributed by atoms with Gasteiger partial charge in [-0.1, -0.05) is 6.42 Å². The number of hydrogen-bond acceptors (Lipinski definition) is 4. The Balaban J connectivity index is 1.98. The summed E-state index contributed by atoms with van der Waals surface area (Å²) in [5, 5.41) is 0. The van der Waals surface area contributed by atoms with Crippen molar-refractivity contribution < 1.29 is 13.2 Å². The molecule has 0 spiro atoms. The second-order valence-corrected chi connectivity index (χ2v) is 7.86. The molecule has 1 saturated carbocycles. The molecule has 0 unspecified atom stereocenters. The number of carbonyl (C=O) groups is 1. The molecule has 1 saturated heterocycles. The zero-order valence-electron chi connectivity index (χ0n) is 12.1. The summed E-state index contributed by atoms with van der Waals surface area (Å²) < 4.78 is 24.6. The van der Waals surface area contributed by atoms with Gasteiger partial charge in [0, 0.05) is 32.1 Å². The van der Waals surface area contributed by atoms with Crippen molar-refractivity contribution in [1.82, 2.24) is 9.21 Å². The Morgan fingerprint density at radius 3 is 2.55 bits per heavy atom. The first-order valence-electron chi connectivity index (χ1n) is 7.37. The van der Waals surface area contributed by atoms with Gasteiger partial charge in [-0.15, -0.1) is 0 Å². The maximum absolute atomic E-state index is 12.6. The molecule has 1 aliphatic carbocycles. The van der Waals surface area contributed by atoms with E-state index in [9.17, 15) is 13.2 Å². The maximum Gasteiger partial charge on any atom is 0.226 e. The lowest BCUT2D eigenvalue weighted by atomic mass is 9.94. The summed E-state index contributed by atoms with van der Waals surface area (Å²) in [5.41, 5.74) is 5.74. The Morgan fingerprint density at radius 2 is 1.90 bits per heavy atom. The Labute approximate surface area is 121 Å². The van der Waals surface area contributed by atoms with E-state index in [2.05, 4.69) is 0 Å². The van der Waals surface area contributed by atoms with Crippen LogP contribution in [0.1, 0.15) is 25.7 Å². The molecule has 20 heavy (non-hydrogen) atoms. The van der Waals surface area contributed by atoms with Gasteiger partial charge < -0.3 is 10.6 Å². The third-order valence-corrected chi connectivity index (χ3v) is 5.82. The lowest BCUT2D eigenvalue weighted by Gasteiger charge is -2.26. The van der Waals surface area contributed by atoms with E-state index in [1.807, 2.05) is 4.90 Å². The van der Waals surface area contributed by atoms with Crippen LogP contribution < -0.4 is 5.73 Å². The van der Waals surface area contributed by atoms with Crippen molar-refractivity contribution in [2.24, 2.45) is 17.6 Å². The SMILES string of the molecule is CS(=O)(=O)N1CCCN(C(=O)[C@@H]2CCC[C@@H]2CN)CC1. The Morgan fingerprint density at radius 1 is 1.15 bits per heavy atom. The van der Waals surface area contributed by atoms with Gasteiger partial charge in [0.25, 0.3) is 0 Å². The Kier molecular flexibility index (Phi) is 5.04. The first kappa shape index (κ1) is 15.7. The highest BCUT2D eigenvalue weighted by molar-refractivity contribution is 7.88. The predicted octanol–water partition coefficient (Wildman–Crippen LogP) is -0.145. The van der Waals surface area contributed by atoms with Gasteiger partial charge in [0.2, 0.25) is 15.9 Å². The van der Waals surface area contributed by atoms with E-state index in [4.69, 9.17) is 5.73 Å². The number of rotatable bonds is 3. The fraction of sp³-hybridized carbons (Fsp3) is 0.923. The zero-order chi connectivity index (χ0) is 14.8. The number of sulfonamides is 1. The molecule has 2 N–H and O–H groups in total. The van der Waals surface area contributed by atoms with Gasteiger partial charge in [0.1, 0.15) is 0 Å². The van der Waals surface area contributed by atoms with Gasteiger partial charge in [-0.25, -0.2) is 12.7 Å². The van der Waals surface area contributed by atoms with Crippen LogP contribution in [0, 0.1) is 11.8 Å². The summed E-state index contributed by atoms with van der Waals surface area (Å²) in [5.74, 6) is 0.523. The van der Waals surface area contributed by atoms with E-state index in [1.54, 1.807) is 0 Å². The van der Waals surface area contributed by atoms with Gasteiger partial charge in [-0.3, -0.25) is 4.79 Å². The molecule has 0 bridgehead atoms. The van der Waals surface area contributed by atoms with Crippen molar-refractivity contribution in [3.8, 4) is 0 Å². The van der Waals surface area contributed by atoms with Crippen LogP contribution in [0.4, 0.5) is 0 Å². The van der Waals surface area contributed by atoms with E-state index < -0.39 is 10.0 Å². The average molecular weight is 303 g/mol. The second kappa shape index (κ2) is 6.41. The molecule has 1 aliphatic heterocycles. The van der Waals surface area contributed by atoms with Crippen LogP contribution in [0.5, 0.6) is 0 Å². The summed E-state index contributed by atoms with van der Waals surface area (Å²) in [6.07, 6.45) is 4.97. The molecule has 0 radical (unpaired) electrons. The van der Waals surface area contributed by atoms with Crippen LogP contribution >= 0.6 is 0 Å². The van der Waals surface area contributed by atoms with Gasteiger partial charge in [0.15, 0.2) is 0 Å². The molecule has 0 aromatic heterocycles. The predicted molar refractivity (Wildman–Crippen MR) is 77.5 cm³/mol. The van der Waals surface area contributed by atoms with E-state index in [1.165, 1.54) is 10.6 Å². The second-order valence-electron chi connectivity index (χ2n) is 5.87. The third-order valence-electron chi connectivity index (χ3n) is 4.51. The monoisotopic (exact) mass is 303 g/mol. The molecule has 2 aliphatic rings. The number of nitrogens with zero attached hydrogens (tertiary/aromatic N) is 2. The highest BCUT2D eigenvalue weighted by atomic mass is 32.2. The topological polar surface area (TPSA) is 83.7 Å². The Hall–Kier alpha value is -0.660. The highest BCUT2D eigenvalue weighted by Crippen LogP contribution is 2.32. The van der Waals surface area contributed by atoms with E-state index >= 15 is 0 Å². The Bertz CT molecular complexity index is 452. The fourth-order valence-electron chi connectivity index (χ4n) is 3.32. The largest absolute Gasteiger partial charge is 0.341 e. The van der Waals surface area contributed by atoms with Crippen LogP contribution in [0.25, 0.3) is 0 Å². The van der Waals surface area contributed by atoms with E-state index in [0.717, 1.165) is 19.3 Å². The number of nitrogens with two attached hydrogens (primary N) is 1. The highest BCUT2D eigenvalue weighted by Gasteiger charge is 2.35. The molecular formula is C13H25N3O3S. The molecule has 0 aromatic rings. The summed E-state index contributed by atoms with van der Waals surface area (Å²) in [6, 6.07) is 0. The fourth-order valence-corrected chi connectivity index (χ4v) is 4.20. The van der Waals surface area contributed by atoms with Gasteiger partial charge >= 0.3 is 0 Å². The molecule has 0 aromatic carbocycles. The van der Waals surface area contributed by atoms with Crippen molar-refractivity contribution in [3.05, 3.63) is 0 Å². The maximum atomic E-state index is 12.6. The van der Waals surface area contributed by atoms with Crippen LogP contribution in [-0.4, -0.2) is 62.5 Å². The smallest absolute Gasteiger partial charge is 0.226 e. The summed E-state index contributed by atoms with van der Waals surface area (Å²) in [4.78, 5) is 14.4. The van der Waals surface area contributed by atoms with Crippen LogP contribution in [0.2, 0.25) is 0 Å². The summed E-state index contributed by atoms with van der Waals surface area (Å²) in [7, 11) is -3.16.